The molecule has 0 radical (unpaired) electrons. The van der Waals surface area contributed by atoms with E-state index < -0.39 is 15.6 Å². The summed E-state index contributed by atoms with van der Waals surface area (Å²) in [7, 11) is -3.33. The zero-order valence-electron chi connectivity index (χ0n) is 10.3. The number of nitrogens with two attached hydrogens (primary N) is 1. The molecule has 6 heteroatoms. The molecular weight excluding hydrogens is 228 g/mol. The monoisotopic (exact) mass is 250 g/mol. The van der Waals surface area contributed by atoms with Crippen LogP contribution in [0.15, 0.2) is 0 Å². The topological polar surface area (TPSA) is 80.5 Å². The highest BCUT2D eigenvalue weighted by atomic mass is 32.2. The van der Waals surface area contributed by atoms with E-state index in [4.69, 9.17) is 5.73 Å². The van der Waals surface area contributed by atoms with Crippen molar-refractivity contribution < 1.29 is 13.2 Å². The fourth-order valence-electron chi connectivity index (χ4n) is 1.42. The van der Waals surface area contributed by atoms with Crippen molar-refractivity contribution in [1.29, 1.82) is 0 Å². The van der Waals surface area contributed by atoms with Gasteiger partial charge in [-0.15, -0.1) is 0 Å². The maximum atomic E-state index is 11.6. The minimum atomic E-state index is -3.33. The summed E-state index contributed by atoms with van der Waals surface area (Å²) in [5, 5.41) is 0. The number of hydrogen-bond donors (Lipinski definition) is 1. The van der Waals surface area contributed by atoms with E-state index in [2.05, 4.69) is 0 Å². The van der Waals surface area contributed by atoms with Crippen molar-refractivity contribution in [1.82, 2.24) is 4.90 Å². The van der Waals surface area contributed by atoms with E-state index in [1.165, 1.54) is 4.90 Å². The number of rotatable bonds is 7. The van der Waals surface area contributed by atoms with Crippen molar-refractivity contribution in [2.45, 2.75) is 20.8 Å². The molecule has 1 amide bonds. The minimum Gasteiger partial charge on any atom is -0.342 e. The molecule has 0 saturated heterocycles. The summed E-state index contributed by atoms with van der Waals surface area (Å²) in [6, 6.07) is 0. The van der Waals surface area contributed by atoms with E-state index in [1.54, 1.807) is 6.92 Å². The van der Waals surface area contributed by atoms with Crippen LogP contribution in [0.5, 0.6) is 0 Å². The first-order valence-corrected chi connectivity index (χ1v) is 7.36. The number of nitrogens with zero attached hydrogens (tertiary/aromatic N) is 1. The Morgan fingerprint density at radius 2 is 1.81 bits per heavy atom. The van der Waals surface area contributed by atoms with Crippen LogP contribution in [0.3, 0.4) is 0 Å². The first-order chi connectivity index (χ1) is 7.36. The van der Waals surface area contributed by atoms with Gasteiger partial charge in [-0.3, -0.25) is 4.79 Å². The average molecular weight is 250 g/mol. The Morgan fingerprint density at radius 3 is 2.19 bits per heavy atom. The third-order valence-corrected chi connectivity index (χ3v) is 4.16. The Morgan fingerprint density at radius 1 is 1.31 bits per heavy atom. The van der Waals surface area contributed by atoms with Crippen LogP contribution < -0.4 is 5.73 Å². The molecule has 0 aliphatic rings. The van der Waals surface area contributed by atoms with E-state index in [1.807, 2.05) is 13.8 Å². The summed E-state index contributed by atoms with van der Waals surface area (Å²) in [6.45, 7) is 6.82. The van der Waals surface area contributed by atoms with Crippen LogP contribution in [0.4, 0.5) is 0 Å². The van der Waals surface area contributed by atoms with E-state index >= 15 is 0 Å². The Kier molecular flexibility index (Phi) is 6.59. The Hall–Kier alpha value is -0.620. The molecule has 0 spiro atoms. The van der Waals surface area contributed by atoms with Crippen LogP contribution in [0.1, 0.15) is 20.8 Å². The molecule has 0 aliphatic carbocycles. The lowest BCUT2D eigenvalue weighted by atomic mass is 10.2. The maximum absolute atomic E-state index is 11.6. The van der Waals surface area contributed by atoms with Gasteiger partial charge in [0.25, 0.3) is 0 Å². The van der Waals surface area contributed by atoms with Gasteiger partial charge in [0.1, 0.15) is 5.75 Å². The zero-order chi connectivity index (χ0) is 12.8. The highest BCUT2D eigenvalue weighted by Gasteiger charge is 2.21. The quantitative estimate of drug-likeness (QED) is 0.682. The SMILES string of the molecule is CCN(CC)C(=O)CS(=O)(=O)CC(C)CN. The average Bonchev–Trinajstić information content (AvgIpc) is 2.17. The van der Waals surface area contributed by atoms with E-state index in [0.717, 1.165) is 0 Å². The summed E-state index contributed by atoms with van der Waals surface area (Å²) in [6.07, 6.45) is 0. The summed E-state index contributed by atoms with van der Waals surface area (Å²) >= 11 is 0. The lowest BCUT2D eigenvalue weighted by Crippen LogP contribution is -2.37. The fraction of sp³-hybridized carbons (Fsp3) is 0.900. The number of hydrogen-bond acceptors (Lipinski definition) is 4. The van der Waals surface area contributed by atoms with Crippen molar-refractivity contribution in [3.63, 3.8) is 0 Å². The first kappa shape index (κ1) is 15.4. The van der Waals surface area contributed by atoms with Gasteiger partial charge >= 0.3 is 0 Å². The summed E-state index contributed by atoms with van der Waals surface area (Å²) in [4.78, 5) is 13.1. The molecule has 96 valence electrons. The van der Waals surface area contributed by atoms with Gasteiger partial charge in [-0.1, -0.05) is 6.92 Å². The number of carbonyl (C=O) groups excluding carboxylic acids is 1. The molecule has 0 rings (SSSR count). The molecular formula is C10H22N2O3S. The molecule has 0 aromatic heterocycles. The van der Waals surface area contributed by atoms with Gasteiger partial charge in [0.2, 0.25) is 5.91 Å². The molecule has 0 heterocycles. The van der Waals surface area contributed by atoms with Crippen LogP contribution in [-0.2, 0) is 14.6 Å². The second-order valence-corrected chi connectivity index (χ2v) is 6.07. The van der Waals surface area contributed by atoms with Gasteiger partial charge < -0.3 is 10.6 Å². The molecule has 1 atom stereocenters. The van der Waals surface area contributed by atoms with Crippen LogP contribution in [0.2, 0.25) is 0 Å². The molecule has 0 aromatic carbocycles. The molecule has 0 saturated carbocycles. The van der Waals surface area contributed by atoms with E-state index in [-0.39, 0.29) is 17.6 Å². The molecule has 0 fully saturated rings. The Bertz CT molecular complexity index is 310. The van der Waals surface area contributed by atoms with Gasteiger partial charge in [-0.2, -0.15) is 0 Å². The molecule has 16 heavy (non-hydrogen) atoms. The number of amides is 1. The highest BCUT2D eigenvalue weighted by Crippen LogP contribution is 2.02. The minimum absolute atomic E-state index is 0.0174. The summed E-state index contributed by atoms with van der Waals surface area (Å²) < 4.78 is 23.3. The second kappa shape index (κ2) is 6.85. The molecule has 0 aromatic rings. The maximum Gasteiger partial charge on any atom is 0.237 e. The third-order valence-electron chi connectivity index (χ3n) is 2.40. The van der Waals surface area contributed by atoms with Crippen LogP contribution in [0.25, 0.3) is 0 Å². The van der Waals surface area contributed by atoms with E-state index in [0.29, 0.717) is 19.6 Å². The molecule has 2 N–H and O–H groups in total. The van der Waals surface area contributed by atoms with Crippen molar-refractivity contribution >= 4 is 15.7 Å². The van der Waals surface area contributed by atoms with Crippen molar-refractivity contribution in [3.8, 4) is 0 Å². The van der Waals surface area contributed by atoms with E-state index in [9.17, 15) is 13.2 Å². The van der Waals surface area contributed by atoms with Crippen molar-refractivity contribution in [3.05, 3.63) is 0 Å². The normalized spacial score (nSPS) is 13.5. The van der Waals surface area contributed by atoms with Crippen LogP contribution in [-0.4, -0.2) is 50.4 Å². The Balaban J connectivity index is 4.42. The summed E-state index contributed by atoms with van der Waals surface area (Å²) in [5.41, 5.74) is 5.36. The molecule has 0 bridgehead atoms. The predicted octanol–water partition coefficient (Wildman–Crippen LogP) is -0.136. The lowest BCUT2D eigenvalue weighted by molar-refractivity contribution is -0.128. The number of carbonyl (C=O) groups is 1. The Labute approximate surface area is 97.9 Å². The van der Waals surface area contributed by atoms with Crippen molar-refractivity contribution in [2.75, 3.05) is 31.1 Å². The lowest BCUT2D eigenvalue weighted by Gasteiger charge is -2.19. The van der Waals surface area contributed by atoms with Gasteiger partial charge in [-0.05, 0) is 26.3 Å². The number of sulfone groups is 1. The van der Waals surface area contributed by atoms with Gasteiger partial charge in [0.05, 0.1) is 5.75 Å². The fourth-order valence-corrected chi connectivity index (χ4v) is 3.10. The third kappa shape index (κ3) is 5.46. The standard InChI is InChI=1S/C10H22N2O3S/c1-4-12(5-2)10(13)8-16(14,15)7-9(3)6-11/h9H,4-8,11H2,1-3H3. The van der Waals surface area contributed by atoms with Crippen LogP contribution >= 0.6 is 0 Å². The van der Waals surface area contributed by atoms with Gasteiger partial charge in [0, 0.05) is 13.1 Å². The largest absolute Gasteiger partial charge is 0.342 e. The second-order valence-electron chi connectivity index (χ2n) is 3.96. The first-order valence-electron chi connectivity index (χ1n) is 5.54. The molecule has 0 aliphatic heterocycles. The van der Waals surface area contributed by atoms with Crippen molar-refractivity contribution in [2.24, 2.45) is 11.7 Å². The van der Waals surface area contributed by atoms with Gasteiger partial charge in [0.15, 0.2) is 9.84 Å². The predicted molar refractivity (Wildman–Crippen MR) is 64.8 cm³/mol. The van der Waals surface area contributed by atoms with Gasteiger partial charge in [-0.25, -0.2) is 8.42 Å². The van der Waals surface area contributed by atoms with Crippen LogP contribution in [0, 0.1) is 5.92 Å². The smallest absolute Gasteiger partial charge is 0.237 e. The highest BCUT2D eigenvalue weighted by molar-refractivity contribution is 7.92. The molecule has 1 unspecified atom stereocenters. The molecule has 5 nitrogen and oxygen atoms in total. The summed E-state index contributed by atoms with van der Waals surface area (Å²) in [5.74, 6) is -0.848. The zero-order valence-corrected chi connectivity index (χ0v) is 11.1.